The molecule has 0 spiro atoms. The lowest BCUT2D eigenvalue weighted by molar-refractivity contribution is -0.113. The van der Waals surface area contributed by atoms with E-state index in [0.717, 1.165) is 4.47 Å². The molecule has 0 saturated carbocycles. The van der Waals surface area contributed by atoms with Gasteiger partial charge < -0.3 is 5.32 Å². The quantitative estimate of drug-likeness (QED) is 0.914. The first-order valence-corrected chi connectivity index (χ1v) is 7.85. The van der Waals surface area contributed by atoms with Crippen LogP contribution in [-0.2, 0) is 15.6 Å². The summed E-state index contributed by atoms with van der Waals surface area (Å²) in [5.41, 5.74) is 0.634. The van der Waals surface area contributed by atoms with Crippen LogP contribution in [-0.4, -0.2) is 15.9 Å². The van der Waals surface area contributed by atoms with E-state index in [0.29, 0.717) is 10.6 Å². The Balaban J connectivity index is 1.95. The molecule has 3 nitrogen and oxygen atoms in total. The molecular formula is C14H11BrFNO2S. The van der Waals surface area contributed by atoms with E-state index in [1.165, 1.54) is 24.3 Å². The van der Waals surface area contributed by atoms with Gasteiger partial charge in [-0.2, -0.15) is 0 Å². The second-order valence-corrected chi connectivity index (χ2v) is 6.37. The Morgan fingerprint density at radius 1 is 1.10 bits per heavy atom. The van der Waals surface area contributed by atoms with Crippen molar-refractivity contribution in [2.75, 3.05) is 11.1 Å². The van der Waals surface area contributed by atoms with Crippen LogP contribution in [0.15, 0.2) is 57.9 Å². The number of nitrogens with one attached hydrogen (secondary N) is 1. The average Bonchev–Trinajstić information content (AvgIpc) is 2.42. The number of carbonyl (C=O) groups is 1. The Morgan fingerprint density at radius 3 is 2.30 bits per heavy atom. The van der Waals surface area contributed by atoms with Gasteiger partial charge >= 0.3 is 0 Å². The molecule has 0 aliphatic rings. The Bertz CT molecular complexity index is 629. The normalized spacial score (nSPS) is 11.9. The third kappa shape index (κ3) is 4.25. The third-order valence-electron chi connectivity index (χ3n) is 2.47. The largest absolute Gasteiger partial charge is 0.325 e. The van der Waals surface area contributed by atoms with Crippen LogP contribution >= 0.6 is 15.9 Å². The lowest BCUT2D eigenvalue weighted by atomic mass is 10.3. The molecule has 0 radical (unpaired) electrons. The predicted molar refractivity (Wildman–Crippen MR) is 80.4 cm³/mol. The van der Waals surface area contributed by atoms with Crippen LogP contribution < -0.4 is 5.32 Å². The zero-order valence-corrected chi connectivity index (χ0v) is 12.7. The van der Waals surface area contributed by atoms with E-state index in [2.05, 4.69) is 21.2 Å². The van der Waals surface area contributed by atoms with Gasteiger partial charge in [0.2, 0.25) is 5.91 Å². The van der Waals surface area contributed by atoms with Crippen LogP contribution in [0.1, 0.15) is 0 Å². The molecule has 0 saturated heterocycles. The molecule has 0 aromatic heterocycles. The Hall–Kier alpha value is -1.53. The first kappa shape index (κ1) is 14.9. The molecule has 20 heavy (non-hydrogen) atoms. The number of hydrogen-bond donors (Lipinski definition) is 1. The van der Waals surface area contributed by atoms with Gasteiger partial charge in [0.15, 0.2) is 0 Å². The van der Waals surface area contributed by atoms with Crippen LogP contribution in [0, 0.1) is 5.82 Å². The monoisotopic (exact) mass is 355 g/mol. The summed E-state index contributed by atoms with van der Waals surface area (Å²) in [4.78, 5) is 12.2. The number of rotatable bonds is 4. The molecule has 0 aliphatic carbocycles. The molecule has 2 rings (SSSR count). The molecule has 1 amide bonds. The first-order chi connectivity index (χ1) is 9.54. The lowest BCUT2D eigenvalue weighted by Crippen LogP contribution is -2.19. The van der Waals surface area contributed by atoms with Crippen molar-refractivity contribution in [3.05, 3.63) is 58.8 Å². The van der Waals surface area contributed by atoms with E-state index in [-0.39, 0.29) is 11.7 Å². The fraction of sp³-hybridized carbons (Fsp3) is 0.0714. The van der Waals surface area contributed by atoms with Crippen molar-refractivity contribution in [3.8, 4) is 0 Å². The Kier molecular flexibility index (Phi) is 5.03. The summed E-state index contributed by atoms with van der Waals surface area (Å²) >= 11 is 3.30. The summed E-state index contributed by atoms with van der Waals surface area (Å²) in [6, 6.07) is 12.3. The summed E-state index contributed by atoms with van der Waals surface area (Å²) < 4.78 is 25.6. The molecule has 2 aromatic carbocycles. The standard InChI is InChI=1S/C14H11BrFNO2S/c15-10-1-5-12(6-2-10)17-14(18)9-20(19)13-7-3-11(16)4-8-13/h1-8H,9H2,(H,17,18). The lowest BCUT2D eigenvalue weighted by Gasteiger charge is -2.05. The predicted octanol–water partition coefficient (Wildman–Crippen LogP) is 3.33. The number of amides is 1. The second kappa shape index (κ2) is 6.76. The molecule has 0 aliphatic heterocycles. The maximum absolute atomic E-state index is 12.8. The number of carbonyl (C=O) groups excluding carboxylic acids is 1. The van der Waals surface area contributed by atoms with Gasteiger partial charge in [-0.1, -0.05) is 15.9 Å². The van der Waals surface area contributed by atoms with E-state index in [4.69, 9.17) is 0 Å². The van der Waals surface area contributed by atoms with Crippen molar-refractivity contribution in [1.29, 1.82) is 0 Å². The van der Waals surface area contributed by atoms with Crippen LogP contribution in [0.25, 0.3) is 0 Å². The van der Waals surface area contributed by atoms with E-state index < -0.39 is 16.6 Å². The average molecular weight is 356 g/mol. The minimum atomic E-state index is -1.49. The minimum absolute atomic E-state index is 0.165. The summed E-state index contributed by atoms with van der Waals surface area (Å²) in [5.74, 6) is -0.915. The van der Waals surface area contributed by atoms with Crippen molar-refractivity contribution < 1.29 is 13.4 Å². The summed E-state index contributed by atoms with van der Waals surface area (Å²) in [6.07, 6.45) is 0. The molecule has 0 fully saturated rings. The zero-order chi connectivity index (χ0) is 14.5. The van der Waals surface area contributed by atoms with E-state index in [1.807, 2.05) is 0 Å². The molecule has 2 aromatic rings. The second-order valence-electron chi connectivity index (χ2n) is 4.00. The van der Waals surface area contributed by atoms with Gasteiger partial charge in [-0.3, -0.25) is 9.00 Å². The molecular weight excluding hydrogens is 345 g/mol. The fourth-order valence-electron chi connectivity index (χ4n) is 1.52. The zero-order valence-electron chi connectivity index (χ0n) is 10.3. The van der Waals surface area contributed by atoms with E-state index in [9.17, 15) is 13.4 Å². The van der Waals surface area contributed by atoms with Gasteiger partial charge in [0.1, 0.15) is 11.6 Å². The molecule has 6 heteroatoms. The van der Waals surface area contributed by atoms with Crippen molar-refractivity contribution in [1.82, 2.24) is 0 Å². The van der Waals surface area contributed by atoms with Gasteiger partial charge in [0.05, 0.1) is 10.8 Å². The maximum Gasteiger partial charge on any atom is 0.237 e. The highest BCUT2D eigenvalue weighted by Crippen LogP contribution is 2.14. The SMILES string of the molecule is O=C(CS(=O)c1ccc(F)cc1)Nc1ccc(Br)cc1. The van der Waals surface area contributed by atoms with Crippen LogP contribution in [0.3, 0.4) is 0 Å². The van der Waals surface area contributed by atoms with Gasteiger partial charge in [-0.25, -0.2) is 4.39 Å². The molecule has 1 unspecified atom stereocenters. The molecule has 104 valence electrons. The van der Waals surface area contributed by atoms with Crippen molar-refractivity contribution in [3.63, 3.8) is 0 Å². The Labute approximate surface area is 126 Å². The highest BCUT2D eigenvalue weighted by atomic mass is 79.9. The maximum atomic E-state index is 12.8. The number of anilines is 1. The van der Waals surface area contributed by atoms with E-state index >= 15 is 0 Å². The van der Waals surface area contributed by atoms with Crippen molar-refractivity contribution >= 4 is 38.3 Å². The Morgan fingerprint density at radius 2 is 1.70 bits per heavy atom. The summed E-state index contributed by atoms with van der Waals surface area (Å²) in [5, 5.41) is 2.65. The van der Waals surface area contributed by atoms with Crippen LogP contribution in [0.5, 0.6) is 0 Å². The minimum Gasteiger partial charge on any atom is -0.325 e. The molecule has 1 N–H and O–H groups in total. The number of benzene rings is 2. The van der Waals surface area contributed by atoms with Crippen LogP contribution in [0.2, 0.25) is 0 Å². The topological polar surface area (TPSA) is 46.2 Å². The fourth-order valence-corrected chi connectivity index (χ4v) is 2.70. The first-order valence-electron chi connectivity index (χ1n) is 5.74. The van der Waals surface area contributed by atoms with E-state index in [1.54, 1.807) is 24.3 Å². The summed E-state index contributed by atoms with van der Waals surface area (Å²) in [6.45, 7) is 0. The highest BCUT2D eigenvalue weighted by Gasteiger charge is 2.10. The smallest absolute Gasteiger partial charge is 0.237 e. The van der Waals surface area contributed by atoms with Gasteiger partial charge in [-0.15, -0.1) is 0 Å². The molecule has 0 bridgehead atoms. The highest BCUT2D eigenvalue weighted by molar-refractivity contribution is 9.10. The van der Waals surface area contributed by atoms with Gasteiger partial charge in [0.25, 0.3) is 0 Å². The molecule has 0 heterocycles. The van der Waals surface area contributed by atoms with Gasteiger partial charge in [0, 0.05) is 15.1 Å². The number of halogens is 2. The number of hydrogen-bond acceptors (Lipinski definition) is 2. The van der Waals surface area contributed by atoms with Crippen molar-refractivity contribution in [2.24, 2.45) is 0 Å². The molecule has 1 atom stereocenters. The van der Waals surface area contributed by atoms with Gasteiger partial charge in [-0.05, 0) is 48.5 Å². The summed E-state index contributed by atoms with van der Waals surface area (Å²) in [7, 11) is -1.49. The van der Waals surface area contributed by atoms with Crippen LogP contribution in [0.4, 0.5) is 10.1 Å². The third-order valence-corrected chi connectivity index (χ3v) is 4.32. The van der Waals surface area contributed by atoms with Crippen molar-refractivity contribution in [2.45, 2.75) is 4.90 Å².